The van der Waals surface area contributed by atoms with Gasteiger partial charge in [0.2, 0.25) is 12.3 Å². The van der Waals surface area contributed by atoms with E-state index in [-0.39, 0.29) is 30.1 Å². The summed E-state index contributed by atoms with van der Waals surface area (Å²) >= 11 is 0. The van der Waals surface area contributed by atoms with E-state index in [9.17, 15) is 9.59 Å². The lowest BCUT2D eigenvalue weighted by Gasteiger charge is -2.36. The molecule has 3 heterocycles. The van der Waals surface area contributed by atoms with Gasteiger partial charge in [-0.2, -0.15) is 4.98 Å². The van der Waals surface area contributed by atoms with Gasteiger partial charge in [0.05, 0.1) is 12.3 Å². The molecule has 0 aromatic carbocycles. The van der Waals surface area contributed by atoms with Gasteiger partial charge in [0.15, 0.2) is 5.82 Å². The number of hydrogen-bond donors (Lipinski definition) is 0. The Morgan fingerprint density at radius 3 is 2.65 bits per heavy atom. The van der Waals surface area contributed by atoms with E-state index in [1.54, 1.807) is 0 Å². The van der Waals surface area contributed by atoms with Crippen LogP contribution in [0.1, 0.15) is 56.7 Å². The molecule has 7 nitrogen and oxygen atoms in total. The van der Waals surface area contributed by atoms with Gasteiger partial charge in [-0.05, 0) is 38.5 Å². The standard InChI is InChI=1S/C16H21N3O4/c20-13-9-12(16(23-13)5-1-2-6-16)15(21)19-7-3-11(4-8-19)14-17-10-22-18-14/h10-12H,1-9H2/t12-/m1/s1. The van der Waals surface area contributed by atoms with Crippen LogP contribution in [0.2, 0.25) is 0 Å². The zero-order chi connectivity index (χ0) is 15.9. The molecule has 1 aromatic heterocycles. The second kappa shape index (κ2) is 5.62. The van der Waals surface area contributed by atoms with Crippen molar-refractivity contribution in [3.63, 3.8) is 0 Å². The quantitative estimate of drug-likeness (QED) is 0.771. The zero-order valence-electron chi connectivity index (χ0n) is 13.1. The van der Waals surface area contributed by atoms with Crippen molar-refractivity contribution in [1.82, 2.24) is 15.0 Å². The van der Waals surface area contributed by atoms with Crippen LogP contribution < -0.4 is 0 Å². The summed E-state index contributed by atoms with van der Waals surface area (Å²) in [5.41, 5.74) is -0.515. The van der Waals surface area contributed by atoms with Crippen LogP contribution in [0.3, 0.4) is 0 Å². The maximum absolute atomic E-state index is 12.9. The first-order valence-electron chi connectivity index (χ1n) is 8.45. The average molecular weight is 319 g/mol. The van der Waals surface area contributed by atoms with Crippen molar-refractivity contribution in [1.29, 1.82) is 0 Å². The molecule has 124 valence electrons. The highest BCUT2D eigenvalue weighted by Crippen LogP contribution is 2.46. The van der Waals surface area contributed by atoms with E-state index in [2.05, 4.69) is 10.1 Å². The van der Waals surface area contributed by atoms with Gasteiger partial charge in [0.25, 0.3) is 0 Å². The number of carbonyl (C=O) groups excluding carboxylic acids is 2. The SMILES string of the molecule is O=C1C[C@H](C(=O)N2CCC(c3ncon3)CC2)C2(CCCC2)O1. The fraction of sp³-hybridized carbons (Fsp3) is 0.750. The number of ether oxygens (including phenoxy) is 1. The molecular formula is C16H21N3O4. The van der Waals surface area contributed by atoms with Crippen LogP contribution in [0.25, 0.3) is 0 Å². The monoisotopic (exact) mass is 319 g/mol. The van der Waals surface area contributed by atoms with Gasteiger partial charge in [-0.3, -0.25) is 9.59 Å². The molecule has 1 saturated carbocycles. The van der Waals surface area contributed by atoms with Gasteiger partial charge in [-0.15, -0.1) is 0 Å². The molecule has 3 aliphatic rings. The maximum Gasteiger partial charge on any atom is 0.307 e. The first-order valence-corrected chi connectivity index (χ1v) is 8.45. The lowest BCUT2D eigenvalue weighted by molar-refractivity contribution is -0.152. The van der Waals surface area contributed by atoms with Crippen molar-refractivity contribution in [3.05, 3.63) is 12.2 Å². The molecule has 0 bridgehead atoms. The Kier molecular flexibility index (Phi) is 3.58. The number of nitrogens with zero attached hydrogens (tertiary/aromatic N) is 3. The van der Waals surface area contributed by atoms with E-state index in [1.165, 1.54) is 6.39 Å². The smallest absolute Gasteiger partial charge is 0.307 e. The first-order chi connectivity index (χ1) is 11.2. The van der Waals surface area contributed by atoms with Gasteiger partial charge in [-0.1, -0.05) is 5.16 Å². The summed E-state index contributed by atoms with van der Waals surface area (Å²) in [7, 11) is 0. The predicted molar refractivity (Wildman–Crippen MR) is 78.3 cm³/mol. The Labute approximate surface area is 134 Å². The summed E-state index contributed by atoms with van der Waals surface area (Å²) in [5.74, 6) is 0.555. The Morgan fingerprint density at radius 2 is 2.00 bits per heavy atom. The van der Waals surface area contributed by atoms with E-state index in [4.69, 9.17) is 9.26 Å². The molecule has 7 heteroatoms. The van der Waals surface area contributed by atoms with Crippen molar-refractivity contribution >= 4 is 11.9 Å². The number of likely N-dealkylation sites (tertiary alicyclic amines) is 1. The molecule has 0 radical (unpaired) electrons. The van der Waals surface area contributed by atoms with E-state index in [0.717, 1.165) is 44.3 Å². The van der Waals surface area contributed by atoms with Crippen molar-refractivity contribution in [3.8, 4) is 0 Å². The third kappa shape index (κ3) is 2.52. The third-order valence-corrected chi connectivity index (χ3v) is 5.62. The summed E-state index contributed by atoms with van der Waals surface area (Å²) in [6.07, 6.45) is 6.98. The van der Waals surface area contributed by atoms with E-state index < -0.39 is 5.60 Å². The summed E-state index contributed by atoms with van der Waals surface area (Å²) in [6.45, 7) is 1.36. The fourth-order valence-electron chi connectivity index (χ4n) is 4.37. The number of carbonyl (C=O) groups is 2. The zero-order valence-corrected chi connectivity index (χ0v) is 13.1. The molecular weight excluding hydrogens is 298 g/mol. The second-order valence-electron chi connectivity index (χ2n) is 6.89. The van der Waals surface area contributed by atoms with Gasteiger partial charge in [0.1, 0.15) is 5.60 Å². The summed E-state index contributed by atoms with van der Waals surface area (Å²) in [6, 6.07) is 0. The molecule has 0 N–H and O–H groups in total. The Morgan fingerprint density at radius 1 is 1.26 bits per heavy atom. The molecule has 1 amide bonds. The van der Waals surface area contributed by atoms with E-state index in [1.807, 2.05) is 4.90 Å². The highest BCUT2D eigenvalue weighted by atomic mass is 16.6. The van der Waals surface area contributed by atoms with Crippen molar-refractivity contribution in [2.45, 2.75) is 56.5 Å². The van der Waals surface area contributed by atoms with Gasteiger partial charge in [0, 0.05) is 19.0 Å². The van der Waals surface area contributed by atoms with Crippen LogP contribution in [-0.2, 0) is 14.3 Å². The van der Waals surface area contributed by atoms with Gasteiger partial charge < -0.3 is 14.2 Å². The molecule has 1 atom stereocenters. The molecule has 3 fully saturated rings. The Balaban J connectivity index is 1.42. The Hall–Kier alpha value is -1.92. The van der Waals surface area contributed by atoms with Crippen molar-refractivity contribution in [2.24, 2.45) is 5.92 Å². The second-order valence-corrected chi connectivity index (χ2v) is 6.89. The number of rotatable bonds is 2. The van der Waals surface area contributed by atoms with E-state index >= 15 is 0 Å². The molecule has 1 aromatic rings. The first kappa shape index (κ1) is 14.7. The number of aromatic nitrogens is 2. The number of hydrogen-bond acceptors (Lipinski definition) is 6. The molecule has 2 saturated heterocycles. The maximum atomic E-state index is 12.9. The third-order valence-electron chi connectivity index (χ3n) is 5.62. The molecule has 23 heavy (non-hydrogen) atoms. The lowest BCUT2D eigenvalue weighted by atomic mass is 9.84. The van der Waals surface area contributed by atoms with Crippen molar-refractivity contribution in [2.75, 3.05) is 13.1 Å². The van der Waals surface area contributed by atoms with Gasteiger partial charge in [-0.25, -0.2) is 0 Å². The van der Waals surface area contributed by atoms with Crippen LogP contribution in [0.5, 0.6) is 0 Å². The van der Waals surface area contributed by atoms with Crippen LogP contribution >= 0.6 is 0 Å². The lowest BCUT2D eigenvalue weighted by Crippen LogP contribution is -2.47. The van der Waals surface area contributed by atoms with Gasteiger partial charge >= 0.3 is 5.97 Å². The number of esters is 1. The molecule has 2 aliphatic heterocycles. The highest BCUT2D eigenvalue weighted by molar-refractivity contribution is 5.88. The minimum Gasteiger partial charge on any atom is -0.458 e. The summed E-state index contributed by atoms with van der Waals surface area (Å²) in [5, 5.41) is 3.90. The minimum absolute atomic E-state index is 0.0873. The molecule has 1 aliphatic carbocycles. The molecule has 4 rings (SSSR count). The van der Waals surface area contributed by atoms with Crippen LogP contribution in [-0.4, -0.2) is 45.6 Å². The van der Waals surface area contributed by atoms with E-state index in [0.29, 0.717) is 13.1 Å². The highest BCUT2D eigenvalue weighted by Gasteiger charge is 2.55. The summed E-state index contributed by atoms with van der Waals surface area (Å²) < 4.78 is 10.4. The van der Waals surface area contributed by atoms with Crippen LogP contribution in [0.15, 0.2) is 10.9 Å². The Bertz CT molecular complexity index is 586. The normalized spacial score (nSPS) is 27.6. The van der Waals surface area contributed by atoms with Crippen LogP contribution in [0, 0.1) is 5.92 Å². The molecule has 0 unspecified atom stereocenters. The van der Waals surface area contributed by atoms with Crippen molar-refractivity contribution < 1.29 is 18.8 Å². The topological polar surface area (TPSA) is 85.5 Å². The predicted octanol–water partition coefficient (Wildman–Crippen LogP) is 1.65. The largest absolute Gasteiger partial charge is 0.458 e. The minimum atomic E-state index is -0.515. The van der Waals surface area contributed by atoms with Crippen LogP contribution in [0.4, 0.5) is 0 Å². The number of piperidine rings is 1. The molecule has 1 spiro atoms. The fourth-order valence-corrected chi connectivity index (χ4v) is 4.37. The summed E-state index contributed by atoms with van der Waals surface area (Å²) in [4.78, 5) is 30.7. The average Bonchev–Trinajstić information content (AvgIpc) is 3.29. The number of amides is 1.